The third-order valence-electron chi connectivity index (χ3n) is 2.71. The molecule has 0 saturated heterocycles. The Labute approximate surface area is 119 Å². The molecule has 0 rings (SSSR count). The molecule has 0 aromatic heterocycles. The molecule has 2 amide bonds. The number of amides is 2. The predicted molar refractivity (Wildman–Crippen MR) is 75.2 cm³/mol. The summed E-state index contributed by atoms with van der Waals surface area (Å²) in [5.41, 5.74) is 4.94. The number of nitrogens with two attached hydrogens (primary N) is 1. The van der Waals surface area contributed by atoms with Gasteiger partial charge in [0.05, 0.1) is 20.2 Å². The van der Waals surface area contributed by atoms with Gasteiger partial charge in [-0.15, -0.1) is 0 Å². The minimum absolute atomic E-state index is 0.0406. The van der Waals surface area contributed by atoms with Crippen LogP contribution in [0, 0.1) is 0 Å². The van der Waals surface area contributed by atoms with Gasteiger partial charge < -0.3 is 21.1 Å². The Morgan fingerprint density at radius 3 is 2.30 bits per heavy atom. The largest absolute Gasteiger partial charge is 0.453 e. The van der Waals surface area contributed by atoms with Gasteiger partial charge in [0.1, 0.15) is 5.78 Å². The fourth-order valence-electron chi connectivity index (χ4n) is 1.65. The molecule has 0 unspecified atom stereocenters. The van der Waals surface area contributed by atoms with E-state index in [-0.39, 0.29) is 18.9 Å². The Kier molecular flexibility index (Phi) is 11.4. The third kappa shape index (κ3) is 12.8. The van der Waals surface area contributed by atoms with Gasteiger partial charge in [-0.3, -0.25) is 9.59 Å². The molecule has 4 N–H and O–H groups in total. The van der Waals surface area contributed by atoms with Crippen molar-refractivity contribution in [1.82, 2.24) is 10.6 Å². The van der Waals surface area contributed by atoms with E-state index in [2.05, 4.69) is 15.4 Å². The van der Waals surface area contributed by atoms with E-state index < -0.39 is 12.0 Å². The second kappa shape index (κ2) is 12.4. The van der Waals surface area contributed by atoms with Gasteiger partial charge in [0.15, 0.2) is 0 Å². The molecule has 7 nitrogen and oxygen atoms in total. The number of carbonyl (C=O) groups is 3. The van der Waals surface area contributed by atoms with Crippen molar-refractivity contribution in [2.45, 2.75) is 38.5 Å². The number of hydrogen-bond acceptors (Lipinski definition) is 5. The SMILES string of the molecule is COC(=O)NCCCCCCCC(=O)CNCC(N)=O. The van der Waals surface area contributed by atoms with E-state index in [0.717, 1.165) is 32.1 Å². The van der Waals surface area contributed by atoms with Gasteiger partial charge >= 0.3 is 6.09 Å². The van der Waals surface area contributed by atoms with Crippen LogP contribution < -0.4 is 16.4 Å². The molecule has 0 spiro atoms. The van der Waals surface area contributed by atoms with Crippen molar-refractivity contribution < 1.29 is 19.1 Å². The maximum atomic E-state index is 11.4. The lowest BCUT2D eigenvalue weighted by Gasteiger charge is -2.04. The van der Waals surface area contributed by atoms with Crippen molar-refractivity contribution in [3.63, 3.8) is 0 Å². The minimum Gasteiger partial charge on any atom is -0.453 e. The normalized spacial score (nSPS) is 10.1. The second-order valence-electron chi connectivity index (χ2n) is 4.54. The number of rotatable bonds is 12. The molecule has 0 aliphatic rings. The van der Waals surface area contributed by atoms with E-state index in [1.165, 1.54) is 7.11 Å². The highest BCUT2D eigenvalue weighted by Gasteiger charge is 2.02. The van der Waals surface area contributed by atoms with Crippen LogP contribution in [-0.4, -0.2) is 44.5 Å². The maximum absolute atomic E-state index is 11.4. The summed E-state index contributed by atoms with van der Waals surface area (Å²) in [6.07, 6.45) is 4.90. The number of hydrogen-bond donors (Lipinski definition) is 3. The first-order chi connectivity index (χ1) is 9.56. The van der Waals surface area contributed by atoms with Gasteiger partial charge in [-0.2, -0.15) is 0 Å². The second-order valence-corrected chi connectivity index (χ2v) is 4.54. The Bertz CT molecular complexity index is 308. The summed E-state index contributed by atoms with van der Waals surface area (Å²) in [6, 6.07) is 0. The van der Waals surface area contributed by atoms with Crippen molar-refractivity contribution in [3.8, 4) is 0 Å². The standard InChI is InChI=1S/C13H25N3O4/c1-20-13(19)16-8-6-4-2-3-5-7-11(17)9-15-10-12(14)18/h15H,2-10H2,1H3,(H2,14,18)(H,16,19). The number of carbonyl (C=O) groups excluding carboxylic acids is 3. The van der Waals surface area contributed by atoms with Gasteiger partial charge in [-0.1, -0.05) is 19.3 Å². The minimum atomic E-state index is -0.460. The molecule has 116 valence electrons. The highest BCUT2D eigenvalue weighted by molar-refractivity contribution is 5.81. The topological polar surface area (TPSA) is 111 Å². The summed E-state index contributed by atoms with van der Waals surface area (Å²) in [4.78, 5) is 32.6. The summed E-state index contributed by atoms with van der Waals surface area (Å²) in [5, 5.41) is 5.31. The Morgan fingerprint density at radius 2 is 1.65 bits per heavy atom. The number of unbranched alkanes of at least 4 members (excludes halogenated alkanes) is 4. The van der Waals surface area contributed by atoms with E-state index in [1.807, 2.05) is 0 Å². The maximum Gasteiger partial charge on any atom is 0.406 e. The van der Waals surface area contributed by atoms with E-state index in [9.17, 15) is 14.4 Å². The molecular weight excluding hydrogens is 262 g/mol. The number of ether oxygens (including phenoxy) is 1. The number of primary amides is 1. The Hall–Kier alpha value is -1.63. The molecular formula is C13H25N3O4. The zero-order valence-corrected chi connectivity index (χ0v) is 12.1. The van der Waals surface area contributed by atoms with Crippen molar-refractivity contribution >= 4 is 17.8 Å². The van der Waals surface area contributed by atoms with E-state index in [0.29, 0.717) is 13.0 Å². The monoisotopic (exact) mass is 287 g/mol. The van der Waals surface area contributed by atoms with Crippen molar-refractivity contribution in [2.24, 2.45) is 5.73 Å². The molecule has 0 aromatic rings. The van der Waals surface area contributed by atoms with Crippen molar-refractivity contribution in [3.05, 3.63) is 0 Å². The summed E-state index contributed by atoms with van der Waals surface area (Å²) >= 11 is 0. The van der Waals surface area contributed by atoms with Crippen LogP contribution in [-0.2, 0) is 14.3 Å². The number of ketones is 1. The molecule has 0 aliphatic carbocycles. The molecule has 0 saturated carbocycles. The highest BCUT2D eigenvalue weighted by atomic mass is 16.5. The quantitative estimate of drug-likeness (QED) is 0.448. The average Bonchev–Trinajstić information content (AvgIpc) is 2.40. The van der Waals surface area contributed by atoms with E-state index in [1.54, 1.807) is 0 Å². The van der Waals surface area contributed by atoms with Gasteiger partial charge in [-0.05, 0) is 12.8 Å². The molecule has 0 atom stereocenters. The van der Waals surface area contributed by atoms with Crippen LogP contribution in [0.3, 0.4) is 0 Å². The predicted octanol–water partition coefficient (Wildman–Crippen LogP) is 0.327. The van der Waals surface area contributed by atoms with Crippen molar-refractivity contribution in [2.75, 3.05) is 26.7 Å². The molecule has 0 aliphatic heterocycles. The van der Waals surface area contributed by atoms with Crippen LogP contribution in [0.2, 0.25) is 0 Å². The number of alkyl carbamates (subject to hydrolysis) is 1. The lowest BCUT2D eigenvalue weighted by atomic mass is 10.1. The molecule has 0 radical (unpaired) electrons. The van der Waals surface area contributed by atoms with E-state index in [4.69, 9.17) is 5.73 Å². The van der Waals surface area contributed by atoms with Crippen LogP contribution >= 0.6 is 0 Å². The zero-order chi connectivity index (χ0) is 15.2. The lowest BCUT2D eigenvalue weighted by Crippen LogP contribution is -2.32. The number of Topliss-reactive ketones (excluding diaryl/α,β-unsaturated/α-hetero) is 1. The van der Waals surface area contributed by atoms with Gasteiger partial charge in [0.2, 0.25) is 5.91 Å². The molecule has 7 heteroatoms. The van der Waals surface area contributed by atoms with Crippen molar-refractivity contribution in [1.29, 1.82) is 0 Å². The van der Waals surface area contributed by atoms with E-state index >= 15 is 0 Å². The molecule has 0 heterocycles. The summed E-state index contributed by atoms with van der Waals surface area (Å²) in [5.74, 6) is -0.364. The average molecular weight is 287 g/mol. The van der Waals surface area contributed by atoms with Crippen LogP contribution in [0.4, 0.5) is 4.79 Å². The summed E-state index contributed by atoms with van der Waals surface area (Å²) < 4.78 is 4.45. The fourth-order valence-corrected chi connectivity index (χ4v) is 1.65. The Balaban J connectivity index is 3.25. The van der Waals surface area contributed by atoms with Crippen LogP contribution in [0.15, 0.2) is 0 Å². The van der Waals surface area contributed by atoms with Crippen LogP contribution in [0.25, 0.3) is 0 Å². The van der Waals surface area contributed by atoms with Gasteiger partial charge in [0.25, 0.3) is 0 Å². The highest BCUT2D eigenvalue weighted by Crippen LogP contribution is 2.05. The smallest absolute Gasteiger partial charge is 0.406 e. The number of methoxy groups -OCH3 is 1. The molecule has 0 bridgehead atoms. The summed E-state index contributed by atoms with van der Waals surface area (Å²) in [6.45, 7) is 0.855. The Morgan fingerprint density at radius 1 is 1.00 bits per heavy atom. The van der Waals surface area contributed by atoms with Gasteiger partial charge in [-0.25, -0.2) is 4.79 Å². The number of nitrogens with one attached hydrogen (secondary N) is 2. The van der Waals surface area contributed by atoms with Gasteiger partial charge in [0, 0.05) is 13.0 Å². The first kappa shape index (κ1) is 18.4. The third-order valence-corrected chi connectivity index (χ3v) is 2.71. The molecule has 0 aromatic carbocycles. The molecule has 0 fully saturated rings. The first-order valence-corrected chi connectivity index (χ1v) is 6.88. The molecule has 20 heavy (non-hydrogen) atoms. The van der Waals surface area contributed by atoms with Crippen LogP contribution in [0.1, 0.15) is 38.5 Å². The fraction of sp³-hybridized carbons (Fsp3) is 0.769. The van der Waals surface area contributed by atoms with Crippen LogP contribution in [0.5, 0.6) is 0 Å². The zero-order valence-electron chi connectivity index (χ0n) is 12.1. The first-order valence-electron chi connectivity index (χ1n) is 6.88. The summed E-state index contributed by atoms with van der Waals surface area (Å²) in [7, 11) is 1.34. The lowest BCUT2D eigenvalue weighted by molar-refractivity contribution is -0.119.